The van der Waals surface area contributed by atoms with Crippen LogP contribution in [0.25, 0.3) is 11.1 Å². The maximum Gasteiger partial charge on any atom is 0.270 e. The van der Waals surface area contributed by atoms with Crippen molar-refractivity contribution < 1.29 is 9.66 Å². The average molecular weight is 243 g/mol. The first-order valence-corrected chi connectivity index (χ1v) is 5.68. The molecule has 0 saturated carbocycles. The molecule has 0 aliphatic rings. The third-order valence-electron chi connectivity index (χ3n) is 2.56. The Morgan fingerprint density at radius 1 is 1.11 bits per heavy atom. The van der Waals surface area contributed by atoms with Gasteiger partial charge < -0.3 is 4.74 Å². The molecular weight excluding hydrogens is 230 g/mol. The minimum atomic E-state index is -0.391. The Morgan fingerprint density at radius 2 is 1.83 bits per heavy atom. The minimum absolute atomic E-state index is 0.0985. The summed E-state index contributed by atoms with van der Waals surface area (Å²) in [7, 11) is 0. The number of benzene rings is 2. The van der Waals surface area contributed by atoms with Gasteiger partial charge in [0.15, 0.2) is 0 Å². The van der Waals surface area contributed by atoms with Crippen LogP contribution >= 0.6 is 0 Å². The highest BCUT2D eigenvalue weighted by atomic mass is 16.6. The largest absolute Gasteiger partial charge is 0.494 e. The quantitative estimate of drug-likeness (QED) is 0.608. The van der Waals surface area contributed by atoms with Crippen LogP contribution in [0.5, 0.6) is 5.75 Å². The lowest BCUT2D eigenvalue weighted by Gasteiger charge is -2.05. The van der Waals surface area contributed by atoms with Gasteiger partial charge in [-0.15, -0.1) is 0 Å². The fourth-order valence-corrected chi connectivity index (χ4v) is 1.71. The SMILES string of the molecule is CCOc1ccc(-c2cccc([N+](=O)[O-])c2)cc1. The van der Waals surface area contributed by atoms with Crippen molar-refractivity contribution in [2.45, 2.75) is 6.92 Å². The molecule has 18 heavy (non-hydrogen) atoms. The molecule has 92 valence electrons. The second-order valence-corrected chi connectivity index (χ2v) is 3.76. The van der Waals surface area contributed by atoms with E-state index in [1.165, 1.54) is 6.07 Å². The van der Waals surface area contributed by atoms with Crippen LogP contribution in [0.3, 0.4) is 0 Å². The maximum absolute atomic E-state index is 10.7. The van der Waals surface area contributed by atoms with Gasteiger partial charge in [-0.1, -0.05) is 24.3 Å². The van der Waals surface area contributed by atoms with E-state index in [4.69, 9.17) is 4.74 Å². The summed E-state index contributed by atoms with van der Waals surface area (Å²) in [6.07, 6.45) is 0. The zero-order valence-electron chi connectivity index (χ0n) is 10.00. The van der Waals surface area contributed by atoms with E-state index < -0.39 is 4.92 Å². The van der Waals surface area contributed by atoms with Gasteiger partial charge in [-0.3, -0.25) is 10.1 Å². The van der Waals surface area contributed by atoms with E-state index >= 15 is 0 Å². The molecule has 0 aliphatic heterocycles. The molecule has 0 heterocycles. The molecule has 0 saturated heterocycles. The highest BCUT2D eigenvalue weighted by Gasteiger charge is 2.06. The van der Waals surface area contributed by atoms with Gasteiger partial charge in [0.25, 0.3) is 5.69 Å². The molecule has 0 fully saturated rings. The van der Waals surface area contributed by atoms with Gasteiger partial charge in [-0.2, -0.15) is 0 Å². The normalized spacial score (nSPS) is 10.1. The van der Waals surface area contributed by atoms with E-state index in [0.29, 0.717) is 6.61 Å². The molecule has 0 aliphatic carbocycles. The molecule has 0 unspecified atom stereocenters. The van der Waals surface area contributed by atoms with Crippen molar-refractivity contribution >= 4 is 5.69 Å². The summed E-state index contributed by atoms with van der Waals surface area (Å²) in [5, 5.41) is 10.7. The average Bonchev–Trinajstić information content (AvgIpc) is 2.40. The summed E-state index contributed by atoms with van der Waals surface area (Å²) in [5.74, 6) is 0.798. The summed E-state index contributed by atoms with van der Waals surface area (Å²) in [6, 6.07) is 14.1. The standard InChI is InChI=1S/C14H13NO3/c1-2-18-14-8-6-11(7-9-14)12-4-3-5-13(10-12)15(16)17/h3-10H,2H2,1H3. The van der Waals surface area contributed by atoms with Crippen LogP contribution in [0.4, 0.5) is 5.69 Å². The van der Waals surface area contributed by atoms with Gasteiger partial charge >= 0.3 is 0 Å². The van der Waals surface area contributed by atoms with Gasteiger partial charge in [-0.25, -0.2) is 0 Å². The zero-order chi connectivity index (χ0) is 13.0. The van der Waals surface area contributed by atoms with Crippen LogP contribution in [0, 0.1) is 10.1 Å². The lowest BCUT2D eigenvalue weighted by Crippen LogP contribution is -1.91. The smallest absolute Gasteiger partial charge is 0.270 e. The van der Waals surface area contributed by atoms with Crippen LogP contribution in [0.15, 0.2) is 48.5 Å². The molecule has 0 spiro atoms. The number of hydrogen-bond donors (Lipinski definition) is 0. The van der Waals surface area contributed by atoms with Gasteiger partial charge in [0.2, 0.25) is 0 Å². The molecule has 2 rings (SSSR count). The number of hydrogen-bond acceptors (Lipinski definition) is 3. The van der Waals surface area contributed by atoms with Crippen molar-refractivity contribution in [1.29, 1.82) is 0 Å². The van der Waals surface area contributed by atoms with Gasteiger partial charge in [-0.05, 0) is 30.2 Å². The Bertz CT molecular complexity index is 549. The number of nitro benzene ring substituents is 1. The Labute approximate surface area is 105 Å². The number of nitrogens with zero attached hydrogens (tertiary/aromatic N) is 1. The molecule has 0 amide bonds. The summed E-state index contributed by atoms with van der Waals surface area (Å²) in [4.78, 5) is 10.3. The first kappa shape index (κ1) is 12.1. The molecular formula is C14H13NO3. The molecule has 0 bridgehead atoms. The Hall–Kier alpha value is -2.36. The zero-order valence-corrected chi connectivity index (χ0v) is 10.00. The minimum Gasteiger partial charge on any atom is -0.494 e. The van der Waals surface area contributed by atoms with Crippen molar-refractivity contribution in [2.24, 2.45) is 0 Å². The number of non-ortho nitro benzene ring substituents is 1. The molecule has 0 radical (unpaired) electrons. The lowest BCUT2D eigenvalue weighted by atomic mass is 10.1. The van der Waals surface area contributed by atoms with Crippen LogP contribution < -0.4 is 4.74 Å². The van der Waals surface area contributed by atoms with E-state index in [0.717, 1.165) is 16.9 Å². The van der Waals surface area contributed by atoms with Gasteiger partial charge in [0, 0.05) is 12.1 Å². The van der Waals surface area contributed by atoms with Gasteiger partial charge in [0.05, 0.1) is 11.5 Å². The van der Waals surface area contributed by atoms with Crippen LogP contribution in [0.2, 0.25) is 0 Å². The van der Waals surface area contributed by atoms with Crippen molar-refractivity contribution in [3.8, 4) is 16.9 Å². The first-order valence-electron chi connectivity index (χ1n) is 5.68. The summed E-state index contributed by atoms with van der Waals surface area (Å²) < 4.78 is 5.35. The number of ether oxygens (including phenoxy) is 1. The second kappa shape index (κ2) is 5.31. The lowest BCUT2D eigenvalue weighted by molar-refractivity contribution is -0.384. The van der Waals surface area contributed by atoms with Crippen LogP contribution in [-0.4, -0.2) is 11.5 Å². The summed E-state index contributed by atoms with van der Waals surface area (Å²) in [5.41, 5.74) is 1.86. The van der Waals surface area contributed by atoms with Gasteiger partial charge in [0.1, 0.15) is 5.75 Å². The van der Waals surface area contributed by atoms with Crippen molar-refractivity contribution in [3.63, 3.8) is 0 Å². The molecule has 0 N–H and O–H groups in total. The second-order valence-electron chi connectivity index (χ2n) is 3.76. The Kier molecular flexibility index (Phi) is 3.57. The summed E-state index contributed by atoms with van der Waals surface area (Å²) in [6.45, 7) is 2.55. The molecule has 0 aromatic heterocycles. The van der Waals surface area contributed by atoms with Crippen molar-refractivity contribution in [3.05, 3.63) is 58.6 Å². The van der Waals surface area contributed by atoms with Crippen molar-refractivity contribution in [1.82, 2.24) is 0 Å². The van der Waals surface area contributed by atoms with E-state index in [-0.39, 0.29) is 5.69 Å². The van der Waals surface area contributed by atoms with E-state index in [1.807, 2.05) is 37.3 Å². The third kappa shape index (κ3) is 2.66. The number of nitro groups is 1. The predicted octanol–water partition coefficient (Wildman–Crippen LogP) is 3.66. The predicted molar refractivity (Wildman–Crippen MR) is 69.7 cm³/mol. The Balaban J connectivity index is 2.30. The maximum atomic E-state index is 10.7. The monoisotopic (exact) mass is 243 g/mol. The molecule has 0 atom stereocenters. The molecule has 2 aromatic rings. The van der Waals surface area contributed by atoms with E-state index in [2.05, 4.69) is 0 Å². The van der Waals surface area contributed by atoms with E-state index in [9.17, 15) is 10.1 Å². The molecule has 4 heteroatoms. The molecule has 4 nitrogen and oxygen atoms in total. The first-order chi connectivity index (χ1) is 8.70. The molecule has 2 aromatic carbocycles. The number of rotatable bonds is 4. The Morgan fingerprint density at radius 3 is 2.44 bits per heavy atom. The topological polar surface area (TPSA) is 52.4 Å². The van der Waals surface area contributed by atoms with Crippen LogP contribution in [0.1, 0.15) is 6.92 Å². The summed E-state index contributed by atoms with van der Waals surface area (Å²) >= 11 is 0. The highest BCUT2D eigenvalue weighted by Crippen LogP contribution is 2.25. The highest BCUT2D eigenvalue weighted by molar-refractivity contribution is 5.66. The van der Waals surface area contributed by atoms with E-state index in [1.54, 1.807) is 12.1 Å². The fraction of sp³-hybridized carbons (Fsp3) is 0.143. The third-order valence-corrected chi connectivity index (χ3v) is 2.56. The van der Waals surface area contributed by atoms with Crippen molar-refractivity contribution in [2.75, 3.05) is 6.61 Å². The fourth-order valence-electron chi connectivity index (χ4n) is 1.71. The van der Waals surface area contributed by atoms with Crippen LogP contribution in [-0.2, 0) is 0 Å².